The fourth-order valence-electron chi connectivity index (χ4n) is 2.00. The molecule has 2 N–H and O–H groups in total. The molecule has 0 aliphatic carbocycles. The average Bonchev–Trinajstić information content (AvgIpc) is 2.37. The molecule has 118 valence electrons. The fourth-order valence-corrected chi connectivity index (χ4v) is 2.00. The summed E-state index contributed by atoms with van der Waals surface area (Å²) in [7, 11) is 0. The molecule has 2 atom stereocenters. The summed E-state index contributed by atoms with van der Waals surface area (Å²) in [6, 6.07) is -0.952. The second-order valence-corrected chi connectivity index (χ2v) is 5.77. The lowest BCUT2D eigenvalue weighted by Gasteiger charge is -2.30. The predicted molar refractivity (Wildman–Crippen MR) is 80.8 cm³/mol. The van der Waals surface area contributed by atoms with Gasteiger partial charge in [-0.25, -0.2) is 9.59 Å². The van der Waals surface area contributed by atoms with Gasteiger partial charge in [0.1, 0.15) is 6.04 Å². The van der Waals surface area contributed by atoms with Crippen LogP contribution in [0.25, 0.3) is 0 Å². The van der Waals surface area contributed by atoms with E-state index in [9.17, 15) is 14.7 Å². The highest BCUT2D eigenvalue weighted by Gasteiger charge is 2.25. The lowest BCUT2D eigenvalue weighted by Crippen LogP contribution is -2.51. The summed E-state index contributed by atoms with van der Waals surface area (Å²) < 4.78 is 0. The van der Waals surface area contributed by atoms with Gasteiger partial charge < -0.3 is 15.3 Å². The van der Waals surface area contributed by atoms with Crippen LogP contribution in [0.2, 0.25) is 0 Å². The number of amides is 2. The summed E-state index contributed by atoms with van der Waals surface area (Å²) in [6.07, 6.45) is 3.25. The van der Waals surface area contributed by atoms with E-state index in [0.717, 1.165) is 19.3 Å². The fraction of sp³-hybridized carbons (Fsp3) is 0.867. The van der Waals surface area contributed by atoms with Crippen molar-refractivity contribution in [2.75, 3.05) is 6.54 Å². The molecule has 0 aliphatic heterocycles. The molecule has 0 rings (SSSR count). The summed E-state index contributed by atoms with van der Waals surface area (Å²) >= 11 is 0. The summed E-state index contributed by atoms with van der Waals surface area (Å²) in [4.78, 5) is 25.3. The quantitative estimate of drug-likeness (QED) is 0.684. The van der Waals surface area contributed by atoms with Gasteiger partial charge >= 0.3 is 12.0 Å². The first-order chi connectivity index (χ1) is 9.33. The molecule has 0 heterocycles. The minimum Gasteiger partial charge on any atom is -0.480 e. The molecule has 0 aliphatic rings. The van der Waals surface area contributed by atoms with Crippen molar-refractivity contribution < 1.29 is 14.7 Å². The number of rotatable bonds is 9. The monoisotopic (exact) mass is 286 g/mol. The van der Waals surface area contributed by atoms with E-state index in [1.165, 1.54) is 0 Å². The summed E-state index contributed by atoms with van der Waals surface area (Å²) in [5.74, 6) is -0.740. The Labute approximate surface area is 122 Å². The summed E-state index contributed by atoms with van der Waals surface area (Å²) in [6.45, 7) is 10.7. The highest BCUT2D eigenvalue weighted by molar-refractivity contribution is 5.82. The van der Waals surface area contributed by atoms with E-state index >= 15 is 0 Å². The van der Waals surface area contributed by atoms with Crippen molar-refractivity contribution in [3.8, 4) is 0 Å². The normalized spacial score (nSPS) is 13.9. The van der Waals surface area contributed by atoms with Gasteiger partial charge in [-0.3, -0.25) is 0 Å². The molecular formula is C15H30N2O3. The zero-order chi connectivity index (χ0) is 15.7. The minimum atomic E-state index is -0.966. The van der Waals surface area contributed by atoms with E-state index in [2.05, 4.69) is 12.2 Å². The Morgan fingerprint density at radius 3 is 2.20 bits per heavy atom. The van der Waals surface area contributed by atoms with E-state index in [-0.39, 0.29) is 18.0 Å². The summed E-state index contributed by atoms with van der Waals surface area (Å²) in [5, 5.41) is 11.9. The van der Waals surface area contributed by atoms with E-state index in [0.29, 0.717) is 13.0 Å². The number of carboxylic acids is 1. The number of hydrogen-bond acceptors (Lipinski definition) is 2. The van der Waals surface area contributed by atoms with Crippen molar-refractivity contribution >= 4 is 12.0 Å². The smallest absolute Gasteiger partial charge is 0.326 e. The van der Waals surface area contributed by atoms with Crippen LogP contribution in [-0.2, 0) is 4.79 Å². The highest BCUT2D eigenvalue weighted by Crippen LogP contribution is 2.09. The van der Waals surface area contributed by atoms with Gasteiger partial charge in [-0.15, -0.1) is 0 Å². The molecular weight excluding hydrogens is 256 g/mol. The molecule has 0 aromatic rings. The number of carboxylic acid groups (broad SMARTS) is 1. The molecule has 0 aromatic carbocycles. The number of carbonyl (C=O) groups excluding carboxylic acids is 1. The van der Waals surface area contributed by atoms with Crippen molar-refractivity contribution in [3.63, 3.8) is 0 Å². The van der Waals surface area contributed by atoms with Crippen LogP contribution in [-0.4, -0.2) is 40.6 Å². The molecule has 0 radical (unpaired) electrons. The number of urea groups is 1. The third-order valence-electron chi connectivity index (χ3n) is 3.44. The van der Waals surface area contributed by atoms with Gasteiger partial charge in [0.2, 0.25) is 0 Å². The van der Waals surface area contributed by atoms with Crippen molar-refractivity contribution in [3.05, 3.63) is 0 Å². The van der Waals surface area contributed by atoms with E-state index in [1.54, 1.807) is 4.90 Å². The molecule has 0 spiro atoms. The Morgan fingerprint density at radius 1 is 1.20 bits per heavy atom. The number of hydrogen-bond donors (Lipinski definition) is 2. The second-order valence-electron chi connectivity index (χ2n) is 5.77. The van der Waals surface area contributed by atoms with Crippen LogP contribution in [0.5, 0.6) is 0 Å². The van der Waals surface area contributed by atoms with E-state index in [1.807, 2.05) is 27.7 Å². The SMILES string of the molecule is CCCCN(C(=O)N[C@H](CC(C)C)C(=O)O)C(C)CC. The van der Waals surface area contributed by atoms with Gasteiger partial charge in [0.15, 0.2) is 0 Å². The highest BCUT2D eigenvalue weighted by atomic mass is 16.4. The van der Waals surface area contributed by atoms with Crippen LogP contribution in [0.3, 0.4) is 0 Å². The number of nitrogens with one attached hydrogen (secondary N) is 1. The van der Waals surface area contributed by atoms with Gasteiger partial charge in [0, 0.05) is 12.6 Å². The van der Waals surface area contributed by atoms with Gasteiger partial charge in [0.05, 0.1) is 0 Å². The van der Waals surface area contributed by atoms with Gasteiger partial charge in [-0.05, 0) is 32.1 Å². The number of nitrogens with zero attached hydrogens (tertiary/aromatic N) is 1. The standard InChI is InChI=1S/C15H30N2O3/c1-6-8-9-17(12(5)7-2)15(20)16-13(14(18)19)10-11(3)4/h11-13H,6-10H2,1-5H3,(H,16,20)(H,18,19)/t12?,13-/m1/s1. The molecule has 20 heavy (non-hydrogen) atoms. The van der Waals surface area contributed by atoms with Crippen molar-refractivity contribution in [1.82, 2.24) is 10.2 Å². The van der Waals surface area contributed by atoms with Crippen LogP contribution in [0.4, 0.5) is 4.79 Å². The molecule has 1 unspecified atom stereocenters. The lowest BCUT2D eigenvalue weighted by molar-refractivity contribution is -0.139. The Morgan fingerprint density at radius 2 is 1.80 bits per heavy atom. The van der Waals surface area contributed by atoms with Crippen molar-refractivity contribution in [1.29, 1.82) is 0 Å². The van der Waals surface area contributed by atoms with Crippen molar-refractivity contribution in [2.45, 2.75) is 72.4 Å². The molecule has 5 nitrogen and oxygen atoms in total. The Kier molecular flexibility index (Phi) is 9.01. The van der Waals surface area contributed by atoms with E-state index in [4.69, 9.17) is 0 Å². The van der Waals surface area contributed by atoms with Gasteiger partial charge in [-0.1, -0.05) is 34.1 Å². The van der Waals surface area contributed by atoms with E-state index < -0.39 is 12.0 Å². The number of unbranched alkanes of at least 4 members (excludes halogenated alkanes) is 1. The number of carbonyl (C=O) groups is 2. The molecule has 5 heteroatoms. The van der Waals surface area contributed by atoms with Crippen LogP contribution in [0.1, 0.15) is 60.3 Å². The van der Waals surface area contributed by atoms with Crippen LogP contribution >= 0.6 is 0 Å². The van der Waals surface area contributed by atoms with Crippen LogP contribution in [0.15, 0.2) is 0 Å². The van der Waals surface area contributed by atoms with Gasteiger partial charge in [0.25, 0.3) is 0 Å². The number of aliphatic carboxylic acids is 1. The van der Waals surface area contributed by atoms with Gasteiger partial charge in [-0.2, -0.15) is 0 Å². The summed E-state index contributed by atoms with van der Waals surface area (Å²) in [5.41, 5.74) is 0. The maximum atomic E-state index is 12.3. The Bertz CT molecular complexity index is 305. The maximum Gasteiger partial charge on any atom is 0.326 e. The third kappa shape index (κ3) is 6.78. The predicted octanol–water partition coefficient (Wildman–Crippen LogP) is 3.10. The zero-order valence-electron chi connectivity index (χ0n) is 13.5. The molecule has 2 amide bonds. The first kappa shape index (κ1) is 18.7. The minimum absolute atomic E-state index is 0.120. The van der Waals surface area contributed by atoms with Crippen LogP contribution < -0.4 is 5.32 Å². The molecule has 0 saturated heterocycles. The Hall–Kier alpha value is -1.26. The van der Waals surface area contributed by atoms with Crippen LogP contribution in [0, 0.1) is 5.92 Å². The molecule has 0 saturated carbocycles. The second kappa shape index (κ2) is 9.61. The Balaban J connectivity index is 4.73. The molecule has 0 bridgehead atoms. The molecule has 0 aromatic heterocycles. The maximum absolute atomic E-state index is 12.3. The topological polar surface area (TPSA) is 69.6 Å². The van der Waals surface area contributed by atoms with Crippen molar-refractivity contribution in [2.24, 2.45) is 5.92 Å². The zero-order valence-corrected chi connectivity index (χ0v) is 13.5. The lowest BCUT2D eigenvalue weighted by atomic mass is 10.0. The first-order valence-corrected chi connectivity index (χ1v) is 7.63. The molecule has 0 fully saturated rings. The first-order valence-electron chi connectivity index (χ1n) is 7.63. The average molecular weight is 286 g/mol. The third-order valence-corrected chi connectivity index (χ3v) is 3.44. The largest absolute Gasteiger partial charge is 0.480 e.